The van der Waals surface area contributed by atoms with Gasteiger partial charge in [0.1, 0.15) is 5.75 Å². The average Bonchev–Trinajstić information content (AvgIpc) is 2.74. The summed E-state index contributed by atoms with van der Waals surface area (Å²) in [6.45, 7) is 0.364. The molecule has 0 heterocycles. The minimum absolute atomic E-state index is 0.201. The first-order valence-corrected chi connectivity index (χ1v) is 10.6. The lowest BCUT2D eigenvalue weighted by atomic mass is 10.1. The first-order chi connectivity index (χ1) is 14.0. The number of hydrogen-bond donors (Lipinski definition) is 2. The van der Waals surface area contributed by atoms with Crippen molar-refractivity contribution in [3.8, 4) is 5.75 Å². The van der Waals surface area contributed by atoms with E-state index in [-0.39, 0.29) is 4.90 Å². The first-order valence-electron chi connectivity index (χ1n) is 9.17. The Balaban J connectivity index is 1.56. The zero-order chi connectivity index (χ0) is 20.5. The van der Waals surface area contributed by atoms with Crippen LogP contribution in [0.3, 0.4) is 0 Å². The van der Waals surface area contributed by atoms with E-state index in [2.05, 4.69) is 10.8 Å². The molecule has 0 fully saturated rings. The van der Waals surface area contributed by atoms with Crippen molar-refractivity contribution in [2.45, 2.75) is 17.4 Å². The summed E-state index contributed by atoms with van der Waals surface area (Å²) in [6, 6.07) is 25.4. The Kier molecular flexibility index (Phi) is 7.05. The number of aliphatic hydroxyl groups is 1. The van der Waals surface area contributed by atoms with Gasteiger partial charge in [-0.15, -0.1) is 0 Å². The highest BCUT2D eigenvalue weighted by Crippen LogP contribution is 2.18. The molecule has 149 valence electrons. The molecule has 3 aromatic carbocycles. The summed E-state index contributed by atoms with van der Waals surface area (Å²) in [5, 5.41) is 10.1. The molecule has 0 aliphatic carbocycles. The maximum atomic E-state index is 12.4. The molecule has 1 atom stereocenters. The molecule has 1 radical (unpaired) electrons. The highest BCUT2D eigenvalue weighted by molar-refractivity contribution is 7.92. The van der Waals surface area contributed by atoms with Crippen LogP contribution in [0.15, 0.2) is 89.8 Å². The van der Waals surface area contributed by atoms with Gasteiger partial charge in [-0.25, -0.2) is 8.42 Å². The van der Waals surface area contributed by atoms with Crippen molar-refractivity contribution in [1.29, 1.82) is 0 Å². The fourth-order valence-electron chi connectivity index (χ4n) is 2.59. The Hall–Kier alpha value is -3.09. The van der Waals surface area contributed by atoms with Gasteiger partial charge < -0.3 is 9.84 Å². The van der Waals surface area contributed by atoms with Gasteiger partial charge in [0.2, 0.25) is 0 Å². The van der Waals surface area contributed by atoms with Crippen LogP contribution in [0.25, 0.3) is 6.08 Å². The molecule has 5 nitrogen and oxygen atoms in total. The van der Waals surface area contributed by atoms with E-state index >= 15 is 0 Å². The number of hydrogen-bond acceptors (Lipinski definition) is 4. The number of sulfonamides is 1. The van der Waals surface area contributed by atoms with Crippen molar-refractivity contribution in [3.05, 3.63) is 96.6 Å². The molecule has 0 bridgehead atoms. The normalized spacial score (nSPS) is 12.6. The SMILES string of the molecule is O=S(=O)(Nc1cccc(/C=C/[C@H](O)CCOc2[c]cccc2)c1)c1ccccc1. The minimum Gasteiger partial charge on any atom is -0.493 e. The summed E-state index contributed by atoms with van der Waals surface area (Å²) in [6.07, 6.45) is 3.16. The van der Waals surface area contributed by atoms with E-state index in [9.17, 15) is 13.5 Å². The van der Waals surface area contributed by atoms with Gasteiger partial charge in [0, 0.05) is 18.2 Å². The van der Waals surface area contributed by atoms with E-state index in [1.165, 1.54) is 12.1 Å². The number of anilines is 1. The van der Waals surface area contributed by atoms with Gasteiger partial charge in [-0.2, -0.15) is 0 Å². The summed E-state index contributed by atoms with van der Waals surface area (Å²) in [4.78, 5) is 0.201. The molecule has 0 saturated carbocycles. The zero-order valence-corrected chi connectivity index (χ0v) is 16.5. The van der Waals surface area contributed by atoms with Crippen molar-refractivity contribution in [2.75, 3.05) is 11.3 Å². The van der Waals surface area contributed by atoms with Crippen molar-refractivity contribution >= 4 is 21.8 Å². The van der Waals surface area contributed by atoms with Crippen LogP contribution in [0.5, 0.6) is 5.75 Å². The Labute approximate surface area is 171 Å². The summed E-state index contributed by atoms with van der Waals surface area (Å²) in [7, 11) is -3.64. The minimum atomic E-state index is -3.64. The Morgan fingerprint density at radius 3 is 2.59 bits per heavy atom. The lowest BCUT2D eigenvalue weighted by molar-refractivity contribution is 0.179. The van der Waals surface area contributed by atoms with Crippen LogP contribution in [0.1, 0.15) is 12.0 Å². The zero-order valence-electron chi connectivity index (χ0n) is 15.7. The van der Waals surface area contributed by atoms with Gasteiger partial charge >= 0.3 is 0 Å². The number of para-hydroxylation sites is 1. The first kappa shape index (κ1) is 20.6. The smallest absolute Gasteiger partial charge is 0.261 e. The second-order valence-corrected chi connectivity index (χ2v) is 8.02. The fourth-order valence-corrected chi connectivity index (χ4v) is 3.66. The van der Waals surface area contributed by atoms with Gasteiger partial charge in [-0.1, -0.05) is 60.7 Å². The second-order valence-electron chi connectivity index (χ2n) is 6.33. The Morgan fingerprint density at radius 2 is 1.83 bits per heavy atom. The van der Waals surface area contributed by atoms with E-state index in [0.29, 0.717) is 24.5 Å². The third-order valence-electron chi connectivity index (χ3n) is 4.05. The molecular formula is C23H22NO4S. The van der Waals surface area contributed by atoms with Crippen molar-refractivity contribution in [3.63, 3.8) is 0 Å². The topological polar surface area (TPSA) is 75.6 Å². The molecule has 0 aromatic heterocycles. The number of nitrogens with one attached hydrogen (secondary N) is 1. The van der Waals surface area contributed by atoms with Gasteiger partial charge in [0.25, 0.3) is 10.0 Å². The van der Waals surface area contributed by atoms with Crippen LogP contribution >= 0.6 is 0 Å². The van der Waals surface area contributed by atoms with E-state index in [4.69, 9.17) is 4.74 Å². The molecule has 29 heavy (non-hydrogen) atoms. The van der Waals surface area contributed by atoms with Crippen LogP contribution in [0.2, 0.25) is 0 Å². The highest BCUT2D eigenvalue weighted by Gasteiger charge is 2.13. The van der Waals surface area contributed by atoms with Crippen molar-refractivity contribution in [1.82, 2.24) is 0 Å². The quantitative estimate of drug-likeness (QED) is 0.558. The molecule has 3 aromatic rings. The van der Waals surface area contributed by atoms with Crippen molar-refractivity contribution < 1.29 is 18.3 Å². The van der Waals surface area contributed by atoms with Crippen LogP contribution in [0, 0.1) is 6.07 Å². The average molecular weight is 408 g/mol. The van der Waals surface area contributed by atoms with Gasteiger partial charge in [0.15, 0.2) is 0 Å². The third-order valence-corrected chi connectivity index (χ3v) is 5.45. The summed E-state index contributed by atoms with van der Waals surface area (Å²) < 4.78 is 32.9. The largest absolute Gasteiger partial charge is 0.493 e. The Morgan fingerprint density at radius 1 is 1.03 bits per heavy atom. The van der Waals surface area contributed by atoms with Crippen molar-refractivity contribution in [2.24, 2.45) is 0 Å². The maximum absolute atomic E-state index is 12.4. The molecule has 2 N–H and O–H groups in total. The number of ether oxygens (including phenoxy) is 1. The van der Waals surface area contributed by atoms with Gasteiger partial charge in [-0.3, -0.25) is 4.72 Å². The molecule has 6 heteroatoms. The molecule has 0 unspecified atom stereocenters. The lowest BCUT2D eigenvalue weighted by Crippen LogP contribution is -2.12. The summed E-state index contributed by atoms with van der Waals surface area (Å²) in [5.74, 6) is 0.641. The van der Waals surface area contributed by atoms with Gasteiger partial charge in [-0.05, 0) is 35.9 Å². The number of rotatable bonds is 9. The van der Waals surface area contributed by atoms with Crippen LogP contribution < -0.4 is 9.46 Å². The maximum Gasteiger partial charge on any atom is 0.261 e. The molecule has 0 amide bonds. The van der Waals surface area contributed by atoms with E-state index < -0.39 is 16.1 Å². The number of aliphatic hydroxyl groups excluding tert-OH is 1. The molecule has 0 aliphatic heterocycles. The molecule has 0 spiro atoms. The monoisotopic (exact) mass is 408 g/mol. The van der Waals surface area contributed by atoms with Gasteiger partial charge in [0.05, 0.1) is 17.6 Å². The van der Waals surface area contributed by atoms with E-state index in [1.54, 1.807) is 54.6 Å². The van der Waals surface area contributed by atoms with E-state index in [0.717, 1.165) is 5.56 Å². The predicted octanol–water partition coefficient (Wildman–Crippen LogP) is 4.13. The Bertz CT molecular complexity index is 1030. The fraction of sp³-hybridized carbons (Fsp3) is 0.130. The molecule has 3 rings (SSSR count). The summed E-state index contributed by atoms with van der Waals surface area (Å²) in [5.41, 5.74) is 1.23. The molecule has 0 saturated heterocycles. The second kappa shape index (κ2) is 9.91. The predicted molar refractivity (Wildman–Crippen MR) is 114 cm³/mol. The molecular weight excluding hydrogens is 386 g/mol. The lowest BCUT2D eigenvalue weighted by Gasteiger charge is -2.09. The van der Waals surface area contributed by atoms with E-state index in [1.807, 2.05) is 24.3 Å². The highest BCUT2D eigenvalue weighted by atomic mass is 32.2. The number of benzene rings is 3. The summed E-state index contributed by atoms with van der Waals surface area (Å²) >= 11 is 0. The van der Waals surface area contributed by atoms with Crippen LogP contribution in [0.4, 0.5) is 5.69 Å². The van der Waals surface area contributed by atoms with Crippen LogP contribution in [-0.4, -0.2) is 26.2 Å². The third kappa shape index (κ3) is 6.48. The van der Waals surface area contributed by atoms with Crippen LogP contribution in [-0.2, 0) is 10.0 Å². The molecule has 0 aliphatic rings. The standard InChI is InChI=1S/C23H22NO4S/c25-21(16-17-28-22-10-3-1-4-11-22)15-14-19-8-7-9-20(18-19)24-29(26,27)23-12-5-2-6-13-23/h1-10,12-15,18,21,24-25H,16-17H2/b15-14+/t21-/m0/s1.